The molecular formula is C23H18ClFN2O3S. The summed E-state index contributed by atoms with van der Waals surface area (Å²) in [6.07, 6.45) is 1.69. The van der Waals surface area contributed by atoms with Gasteiger partial charge in [0.25, 0.3) is 5.56 Å². The summed E-state index contributed by atoms with van der Waals surface area (Å²) in [5, 5.41) is 0.547. The van der Waals surface area contributed by atoms with Crippen LogP contribution in [0.4, 0.5) is 4.39 Å². The summed E-state index contributed by atoms with van der Waals surface area (Å²) in [5.74, 6) is -0.868. The van der Waals surface area contributed by atoms with Crippen molar-refractivity contribution in [2.24, 2.45) is 4.99 Å². The Hall–Kier alpha value is -3.03. The third-order valence-electron chi connectivity index (χ3n) is 4.87. The molecule has 0 saturated carbocycles. The van der Waals surface area contributed by atoms with E-state index in [4.69, 9.17) is 16.3 Å². The van der Waals surface area contributed by atoms with Gasteiger partial charge in [0.15, 0.2) is 4.80 Å². The van der Waals surface area contributed by atoms with E-state index in [1.54, 1.807) is 56.3 Å². The first-order valence-electron chi connectivity index (χ1n) is 9.59. The third-order valence-corrected chi connectivity index (χ3v) is 6.11. The molecule has 1 unspecified atom stereocenters. The molecule has 2 heterocycles. The van der Waals surface area contributed by atoms with Crippen molar-refractivity contribution >= 4 is 35.0 Å². The molecule has 0 spiro atoms. The molecule has 31 heavy (non-hydrogen) atoms. The Bertz CT molecular complexity index is 1360. The van der Waals surface area contributed by atoms with Gasteiger partial charge in [-0.2, -0.15) is 0 Å². The van der Waals surface area contributed by atoms with Crippen LogP contribution in [0.5, 0.6) is 0 Å². The standard InChI is InChI=1S/C23H18ClFN2O3S/c1-3-30-22(29)19-13(2)26-23-27(20(19)15-6-8-16(24)9-7-15)21(28)18(31-23)12-14-4-10-17(25)11-5-14/h4-12,20H,3H2,1-2H3/b18-12+. The van der Waals surface area contributed by atoms with Crippen LogP contribution in [0.25, 0.3) is 6.08 Å². The summed E-state index contributed by atoms with van der Waals surface area (Å²) in [7, 11) is 0. The number of ether oxygens (including phenoxy) is 1. The van der Waals surface area contributed by atoms with Crippen molar-refractivity contribution in [3.05, 3.63) is 101 Å². The van der Waals surface area contributed by atoms with Crippen LogP contribution in [0.3, 0.4) is 0 Å². The van der Waals surface area contributed by atoms with E-state index in [-0.39, 0.29) is 18.0 Å². The molecule has 0 saturated heterocycles. The lowest BCUT2D eigenvalue weighted by atomic mass is 9.96. The molecule has 0 fully saturated rings. The van der Waals surface area contributed by atoms with Gasteiger partial charge in [-0.1, -0.05) is 47.2 Å². The Morgan fingerprint density at radius 3 is 2.55 bits per heavy atom. The van der Waals surface area contributed by atoms with Crippen LogP contribution in [0.1, 0.15) is 31.0 Å². The highest BCUT2D eigenvalue weighted by atomic mass is 35.5. The van der Waals surface area contributed by atoms with Gasteiger partial charge < -0.3 is 4.74 Å². The van der Waals surface area contributed by atoms with Gasteiger partial charge in [-0.25, -0.2) is 14.2 Å². The van der Waals surface area contributed by atoms with Crippen molar-refractivity contribution in [3.8, 4) is 0 Å². The molecule has 158 valence electrons. The molecule has 1 atom stereocenters. The number of fused-ring (bicyclic) bond motifs is 1. The lowest BCUT2D eigenvalue weighted by molar-refractivity contribution is -0.139. The summed E-state index contributed by atoms with van der Waals surface area (Å²) >= 11 is 7.26. The van der Waals surface area contributed by atoms with Gasteiger partial charge in [0.1, 0.15) is 5.82 Å². The first-order valence-corrected chi connectivity index (χ1v) is 10.8. The molecule has 1 aliphatic rings. The SMILES string of the molecule is CCOC(=O)C1=C(C)N=c2s/c(=C/c3ccc(F)cc3)c(=O)n2C1c1ccc(Cl)cc1. The monoisotopic (exact) mass is 456 g/mol. The lowest BCUT2D eigenvalue weighted by Gasteiger charge is -2.24. The van der Waals surface area contributed by atoms with Crippen molar-refractivity contribution in [3.63, 3.8) is 0 Å². The number of benzene rings is 2. The Morgan fingerprint density at radius 1 is 1.23 bits per heavy atom. The number of halogens is 2. The highest BCUT2D eigenvalue weighted by Gasteiger charge is 2.33. The van der Waals surface area contributed by atoms with Crippen LogP contribution < -0.4 is 14.9 Å². The van der Waals surface area contributed by atoms with Gasteiger partial charge >= 0.3 is 5.97 Å². The molecular weight excluding hydrogens is 439 g/mol. The fourth-order valence-electron chi connectivity index (χ4n) is 3.46. The highest BCUT2D eigenvalue weighted by Crippen LogP contribution is 2.31. The van der Waals surface area contributed by atoms with Crippen LogP contribution in [0.15, 0.2) is 69.6 Å². The van der Waals surface area contributed by atoms with Crippen molar-refractivity contribution < 1.29 is 13.9 Å². The fraction of sp³-hybridized carbons (Fsp3) is 0.174. The molecule has 1 aromatic heterocycles. The average Bonchev–Trinajstić information content (AvgIpc) is 3.04. The molecule has 0 aliphatic carbocycles. The molecule has 3 aromatic rings. The van der Waals surface area contributed by atoms with E-state index in [0.29, 0.717) is 31.2 Å². The molecule has 2 aromatic carbocycles. The quantitative estimate of drug-likeness (QED) is 0.564. The first kappa shape index (κ1) is 21.2. The normalized spacial score (nSPS) is 16.1. The second-order valence-electron chi connectivity index (χ2n) is 6.91. The summed E-state index contributed by atoms with van der Waals surface area (Å²) in [5.41, 5.74) is 1.92. The molecule has 0 amide bonds. The van der Waals surface area contributed by atoms with Crippen LogP contribution in [-0.4, -0.2) is 17.1 Å². The van der Waals surface area contributed by atoms with Crippen LogP contribution in [0.2, 0.25) is 5.02 Å². The number of hydrogen-bond acceptors (Lipinski definition) is 5. The zero-order valence-electron chi connectivity index (χ0n) is 16.8. The number of esters is 1. The third kappa shape index (κ3) is 4.11. The van der Waals surface area contributed by atoms with Gasteiger partial charge in [0.2, 0.25) is 0 Å². The Balaban J connectivity index is 1.94. The summed E-state index contributed by atoms with van der Waals surface area (Å²) in [6.45, 7) is 3.66. The fourth-order valence-corrected chi connectivity index (χ4v) is 4.63. The van der Waals surface area contributed by atoms with Gasteiger partial charge in [0.05, 0.1) is 28.5 Å². The highest BCUT2D eigenvalue weighted by molar-refractivity contribution is 7.07. The summed E-state index contributed by atoms with van der Waals surface area (Å²) in [6, 6.07) is 12.2. The number of aromatic nitrogens is 1. The zero-order chi connectivity index (χ0) is 22.1. The van der Waals surface area contributed by atoms with E-state index < -0.39 is 12.0 Å². The second kappa shape index (κ2) is 8.61. The maximum Gasteiger partial charge on any atom is 0.338 e. The Morgan fingerprint density at radius 2 is 1.90 bits per heavy atom. The van der Waals surface area contributed by atoms with E-state index in [0.717, 1.165) is 5.56 Å². The van der Waals surface area contributed by atoms with E-state index in [9.17, 15) is 14.0 Å². The number of thiazole rings is 1. The number of nitrogens with zero attached hydrogens (tertiary/aromatic N) is 2. The molecule has 5 nitrogen and oxygen atoms in total. The second-order valence-corrected chi connectivity index (χ2v) is 8.35. The Labute approximate surface area is 186 Å². The molecule has 0 radical (unpaired) electrons. The maximum atomic E-state index is 13.4. The van der Waals surface area contributed by atoms with Gasteiger partial charge in [-0.05, 0) is 55.3 Å². The smallest absolute Gasteiger partial charge is 0.338 e. The molecule has 1 aliphatic heterocycles. The minimum Gasteiger partial charge on any atom is -0.463 e. The molecule has 8 heteroatoms. The lowest BCUT2D eigenvalue weighted by Crippen LogP contribution is -2.39. The van der Waals surface area contributed by atoms with Crippen LogP contribution in [-0.2, 0) is 9.53 Å². The van der Waals surface area contributed by atoms with E-state index in [1.807, 2.05) is 0 Å². The van der Waals surface area contributed by atoms with Crippen molar-refractivity contribution in [1.29, 1.82) is 0 Å². The number of hydrogen-bond donors (Lipinski definition) is 0. The largest absolute Gasteiger partial charge is 0.463 e. The summed E-state index contributed by atoms with van der Waals surface area (Å²) < 4.78 is 20.4. The zero-order valence-corrected chi connectivity index (χ0v) is 18.3. The maximum absolute atomic E-state index is 13.4. The van der Waals surface area contributed by atoms with Crippen LogP contribution >= 0.6 is 22.9 Å². The molecule has 4 rings (SSSR count). The predicted octanol–water partition coefficient (Wildman–Crippen LogP) is 3.59. The minimum atomic E-state index is -0.692. The van der Waals surface area contributed by atoms with E-state index in [1.165, 1.54) is 28.0 Å². The number of carbonyl (C=O) groups is 1. The van der Waals surface area contributed by atoms with Crippen molar-refractivity contribution in [1.82, 2.24) is 4.57 Å². The molecule has 0 bridgehead atoms. The molecule has 0 N–H and O–H groups in total. The Kier molecular flexibility index (Phi) is 5.89. The number of rotatable bonds is 4. The first-order chi connectivity index (χ1) is 14.9. The minimum absolute atomic E-state index is 0.206. The number of allylic oxidation sites excluding steroid dienone is 1. The average molecular weight is 457 g/mol. The topological polar surface area (TPSA) is 60.7 Å². The van der Waals surface area contributed by atoms with E-state index in [2.05, 4.69) is 4.99 Å². The van der Waals surface area contributed by atoms with Gasteiger partial charge in [-0.15, -0.1) is 0 Å². The predicted molar refractivity (Wildman–Crippen MR) is 118 cm³/mol. The number of carbonyl (C=O) groups excluding carboxylic acids is 1. The van der Waals surface area contributed by atoms with Crippen molar-refractivity contribution in [2.75, 3.05) is 6.61 Å². The van der Waals surface area contributed by atoms with Gasteiger partial charge in [0, 0.05) is 5.02 Å². The summed E-state index contributed by atoms with van der Waals surface area (Å²) in [4.78, 5) is 31.2. The van der Waals surface area contributed by atoms with Crippen molar-refractivity contribution in [2.45, 2.75) is 19.9 Å². The van der Waals surface area contributed by atoms with Crippen LogP contribution in [0, 0.1) is 5.82 Å². The van der Waals surface area contributed by atoms with Gasteiger partial charge in [-0.3, -0.25) is 9.36 Å². The van der Waals surface area contributed by atoms with E-state index >= 15 is 0 Å².